The zero-order valence-electron chi connectivity index (χ0n) is 12.4. The number of ether oxygens (including phenoxy) is 2. The maximum Gasteiger partial charge on any atom is 0.114 e. The van der Waals surface area contributed by atoms with Gasteiger partial charge < -0.3 is 14.0 Å². The molecular weight excluding hydrogens is 273 g/mol. The number of hydrogen-bond donors (Lipinski definition) is 1. The molecule has 5 heteroatoms. The minimum Gasteiger partial charge on any atom is -0.363 e. The molecule has 0 spiro atoms. The van der Waals surface area contributed by atoms with Gasteiger partial charge in [0.05, 0.1) is 6.04 Å². The summed E-state index contributed by atoms with van der Waals surface area (Å²) in [6, 6.07) is 8.40. The lowest BCUT2D eigenvalue weighted by atomic mass is 10.1. The van der Waals surface area contributed by atoms with Crippen LogP contribution in [0, 0.1) is 0 Å². The van der Waals surface area contributed by atoms with Crippen LogP contribution in [0.3, 0.4) is 0 Å². The predicted molar refractivity (Wildman–Crippen MR) is 79.4 cm³/mol. The zero-order valence-corrected chi connectivity index (χ0v) is 13.3. The first kappa shape index (κ1) is 14.3. The lowest BCUT2D eigenvalue weighted by molar-refractivity contribution is -0.0894. The van der Waals surface area contributed by atoms with Gasteiger partial charge in [-0.25, -0.2) is 0 Å². The molecule has 1 fully saturated rings. The molecule has 1 saturated heterocycles. The summed E-state index contributed by atoms with van der Waals surface area (Å²) in [5.41, 5.74) is 2.03. The van der Waals surface area contributed by atoms with E-state index in [4.69, 9.17) is 9.47 Å². The summed E-state index contributed by atoms with van der Waals surface area (Å²) in [6.07, 6.45) is 0.103. The molecule has 3 rings (SSSR count). The first-order chi connectivity index (χ1) is 9.27. The quantitative estimate of drug-likeness (QED) is 0.870. The van der Waals surface area contributed by atoms with E-state index in [9.17, 15) is 4.57 Å². The fourth-order valence-corrected chi connectivity index (χ4v) is 3.58. The smallest absolute Gasteiger partial charge is 0.114 e. The van der Waals surface area contributed by atoms with Crippen LogP contribution in [0.4, 0.5) is 0 Å². The largest absolute Gasteiger partial charge is 0.363 e. The highest BCUT2D eigenvalue weighted by Crippen LogP contribution is 2.50. The molecule has 1 aliphatic heterocycles. The Labute approximate surface area is 120 Å². The highest BCUT2D eigenvalue weighted by atomic mass is 31.2. The molecule has 0 bridgehead atoms. The van der Waals surface area contributed by atoms with Crippen molar-refractivity contribution in [1.29, 1.82) is 0 Å². The molecule has 0 amide bonds. The minimum atomic E-state index is -2.20. The van der Waals surface area contributed by atoms with Crippen molar-refractivity contribution in [3.63, 3.8) is 0 Å². The molecular formula is C15H22NO3P. The molecule has 1 aliphatic carbocycles. The van der Waals surface area contributed by atoms with E-state index in [1.165, 1.54) is 5.56 Å². The van der Waals surface area contributed by atoms with Gasteiger partial charge in [0, 0.05) is 0 Å². The molecule has 2 aliphatic rings. The van der Waals surface area contributed by atoms with Gasteiger partial charge in [-0.2, -0.15) is 0 Å². The predicted octanol–water partition coefficient (Wildman–Crippen LogP) is 3.10. The fourth-order valence-electron chi connectivity index (χ4n) is 3.06. The van der Waals surface area contributed by atoms with Crippen LogP contribution in [0.5, 0.6) is 0 Å². The molecule has 4 nitrogen and oxygen atoms in total. The Bertz CT molecular complexity index is 566. The van der Waals surface area contributed by atoms with Crippen LogP contribution < -0.4 is 5.32 Å². The van der Waals surface area contributed by atoms with E-state index in [0.29, 0.717) is 6.35 Å². The lowest BCUT2D eigenvalue weighted by Gasteiger charge is -2.24. The standard InChI is InChI=1S/C15H22NO3P/c1-15(2)16-12-10-7-5-6-8-11(10)13(14(12)19-15)18-9-20(3,4)17/h5-8,12-14,16H,9H2,1-4H3/t12-,13+,14-/m0/s1. The molecule has 0 aromatic heterocycles. The zero-order chi connectivity index (χ0) is 14.5. The van der Waals surface area contributed by atoms with Crippen LogP contribution in [0.15, 0.2) is 24.3 Å². The summed E-state index contributed by atoms with van der Waals surface area (Å²) in [5.74, 6) is 0. The van der Waals surface area contributed by atoms with Gasteiger partial charge in [-0.3, -0.25) is 5.32 Å². The fraction of sp³-hybridized carbons (Fsp3) is 0.600. The third kappa shape index (κ3) is 2.58. The highest BCUT2D eigenvalue weighted by Gasteiger charge is 2.51. The molecule has 110 valence electrons. The topological polar surface area (TPSA) is 47.6 Å². The maximum absolute atomic E-state index is 11.9. The number of fused-ring (bicyclic) bond motifs is 3. The van der Waals surface area contributed by atoms with E-state index in [2.05, 4.69) is 17.4 Å². The van der Waals surface area contributed by atoms with Gasteiger partial charge in [0.2, 0.25) is 0 Å². The van der Waals surface area contributed by atoms with Crippen molar-refractivity contribution in [3.8, 4) is 0 Å². The Kier molecular flexibility index (Phi) is 3.33. The van der Waals surface area contributed by atoms with Crippen LogP contribution in [-0.4, -0.2) is 31.5 Å². The van der Waals surface area contributed by atoms with Crippen molar-refractivity contribution in [1.82, 2.24) is 5.32 Å². The van der Waals surface area contributed by atoms with E-state index >= 15 is 0 Å². The van der Waals surface area contributed by atoms with Crippen molar-refractivity contribution < 1.29 is 14.0 Å². The Balaban J connectivity index is 1.90. The van der Waals surface area contributed by atoms with Crippen molar-refractivity contribution in [3.05, 3.63) is 35.4 Å². The molecule has 0 saturated carbocycles. The molecule has 0 radical (unpaired) electrons. The van der Waals surface area contributed by atoms with Crippen molar-refractivity contribution in [2.45, 2.75) is 37.8 Å². The molecule has 1 aromatic carbocycles. The van der Waals surface area contributed by atoms with Crippen LogP contribution in [0.25, 0.3) is 0 Å². The van der Waals surface area contributed by atoms with Crippen LogP contribution in [0.2, 0.25) is 0 Å². The Hall–Kier alpha value is -0.670. The van der Waals surface area contributed by atoms with Crippen molar-refractivity contribution in [2.75, 3.05) is 19.7 Å². The average Bonchev–Trinajstić information content (AvgIpc) is 2.77. The van der Waals surface area contributed by atoms with Gasteiger partial charge in [-0.15, -0.1) is 0 Å². The maximum atomic E-state index is 11.9. The second-order valence-electron chi connectivity index (χ2n) is 6.63. The normalized spacial score (nSPS) is 31.1. The van der Waals surface area contributed by atoms with Crippen LogP contribution in [0.1, 0.15) is 37.1 Å². The van der Waals surface area contributed by atoms with E-state index in [1.54, 1.807) is 13.3 Å². The van der Waals surface area contributed by atoms with Gasteiger partial charge in [0.25, 0.3) is 0 Å². The summed E-state index contributed by atoms with van der Waals surface area (Å²) < 4.78 is 24.0. The molecule has 3 atom stereocenters. The third-order valence-corrected chi connectivity index (χ3v) is 4.53. The number of rotatable bonds is 3. The van der Waals surface area contributed by atoms with E-state index in [-0.39, 0.29) is 24.0 Å². The summed E-state index contributed by atoms with van der Waals surface area (Å²) in [5, 5.41) is 3.50. The molecule has 1 aromatic rings. The van der Waals surface area contributed by atoms with Gasteiger partial charge >= 0.3 is 0 Å². The lowest BCUT2D eigenvalue weighted by Crippen LogP contribution is -2.35. The molecule has 1 N–H and O–H groups in total. The summed E-state index contributed by atoms with van der Waals surface area (Å²) in [7, 11) is -2.20. The second kappa shape index (κ2) is 4.67. The van der Waals surface area contributed by atoms with Crippen LogP contribution in [-0.2, 0) is 14.0 Å². The summed E-state index contributed by atoms with van der Waals surface area (Å²) in [4.78, 5) is 0. The van der Waals surface area contributed by atoms with Crippen molar-refractivity contribution >= 4 is 7.14 Å². The van der Waals surface area contributed by atoms with Gasteiger partial charge in [0.15, 0.2) is 0 Å². The number of benzene rings is 1. The Morgan fingerprint density at radius 3 is 2.60 bits per heavy atom. The summed E-state index contributed by atoms with van der Waals surface area (Å²) in [6.45, 7) is 7.55. The SMILES string of the molecule is CC1(C)N[C@H]2c3ccccc3[C@@H](OCP(C)(C)=O)[C@H]2O1. The number of nitrogens with one attached hydrogen (secondary N) is 1. The van der Waals surface area contributed by atoms with Crippen molar-refractivity contribution in [2.24, 2.45) is 0 Å². The molecule has 1 heterocycles. The summed E-state index contributed by atoms with van der Waals surface area (Å²) >= 11 is 0. The van der Waals surface area contributed by atoms with Crippen LogP contribution >= 0.6 is 7.14 Å². The first-order valence-corrected chi connectivity index (χ1v) is 9.75. The van der Waals surface area contributed by atoms with Gasteiger partial charge in [-0.1, -0.05) is 24.3 Å². The van der Waals surface area contributed by atoms with E-state index in [1.807, 2.05) is 26.0 Å². The third-order valence-electron chi connectivity index (χ3n) is 3.76. The average molecular weight is 295 g/mol. The highest BCUT2D eigenvalue weighted by molar-refractivity contribution is 7.62. The molecule has 0 unspecified atom stereocenters. The first-order valence-electron chi connectivity index (χ1n) is 6.97. The Morgan fingerprint density at radius 2 is 1.95 bits per heavy atom. The monoisotopic (exact) mass is 295 g/mol. The number of hydrogen-bond acceptors (Lipinski definition) is 4. The van der Waals surface area contributed by atoms with Gasteiger partial charge in [0.1, 0.15) is 31.4 Å². The Morgan fingerprint density at radius 1 is 1.30 bits per heavy atom. The van der Waals surface area contributed by atoms with E-state index < -0.39 is 7.14 Å². The van der Waals surface area contributed by atoms with Gasteiger partial charge in [-0.05, 0) is 38.3 Å². The van der Waals surface area contributed by atoms with E-state index in [0.717, 1.165) is 5.56 Å². The minimum absolute atomic E-state index is 0.0473. The second-order valence-corrected chi connectivity index (χ2v) is 10.0. The molecule has 20 heavy (non-hydrogen) atoms.